The average Bonchev–Trinajstić information content (AvgIpc) is 2.52. The van der Waals surface area contributed by atoms with E-state index in [1.165, 1.54) is 51.4 Å². The van der Waals surface area contributed by atoms with Crippen molar-refractivity contribution in [1.82, 2.24) is 0 Å². The second-order valence-electron chi connectivity index (χ2n) is 4.28. The maximum atomic E-state index is 6.00. The van der Waals surface area contributed by atoms with Crippen LogP contribution in [0.1, 0.15) is 51.4 Å². The molecule has 76 valence electrons. The summed E-state index contributed by atoms with van der Waals surface area (Å²) in [6.45, 7) is 3.73. The van der Waals surface area contributed by atoms with Crippen molar-refractivity contribution in [1.29, 1.82) is 0 Å². The lowest BCUT2D eigenvalue weighted by molar-refractivity contribution is 0.424. The second-order valence-corrected chi connectivity index (χ2v) is 4.28. The van der Waals surface area contributed by atoms with Crippen LogP contribution >= 0.6 is 0 Å². The number of hydrogen-bond acceptors (Lipinski definition) is 1. The highest BCUT2D eigenvalue weighted by Gasteiger charge is 2.22. The Morgan fingerprint density at radius 1 is 1.23 bits per heavy atom. The molecule has 0 aromatic rings. The largest absolute Gasteiger partial charge is 0.327 e. The van der Waals surface area contributed by atoms with Crippen LogP contribution in [0.2, 0.25) is 0 Å². The van der Waals surface area contributed by atoms with Crippen molar-refractivity contribution in [3.63, 3.8) is 0 Å². The van der Waals surface area contributed by atoms with Gasteiger partial charge >= 0.3 is 0 Å². The molecule has 1 saturated carbocycles. The van der Waals surface area contributed by atoms with Crippen LogP contribution in [-0.2, 0) is 0 Å². The Morgan fingerprint density at radius 3 is 2.69 bits per heavy atom. The first-order chi connectivity index (χ1) is 6.34. The fourth-order valence-corrected chi connectivity index (χ4v) is 2.30. The summed E-state index contributed by atoms with van der Waals surface area (Å²) in [4.78, 5) is 0. The molecule has 0 saturated heterocycles. The molecule has 2 unspecified atom stereocenters. The van der Waals surface area contributed by atoms with Gasteiger partial charge in [-0.3, -0.25) is 0 Å². The molecule has 1 heteroatoms. The van der Waals surface area contributed by atoms with Crippen LogP contribution in [0.3, 0.4) is 0 Å². The van der Waals surface area contributed by atoms with Crippen molar-refractivity contribution in [2.24, 2.45) is 11.7 Å². The maximum absolute atomic E-state index is 6.00. The van der Waals surface area contributed by atoms with E-state index in [2.05, 4.69) is 6.58 Å². The highest BCUT2D eigenvalue weighted by molar-refractivity contribution is 4.79. The van der Waals surface area contributed by atoms with E-state index in [-0.39, 0.29) is 0 Å². The maximum Gasteiger partial charge on any atom is 0.00671 e. The summed E-state index contributed by atoms with van der Waals surface area (Å²) in [5.41, 5.74) is 6.00. The standard InChI is InChI=1S/C12H23N/c1-2-3-4-5-6-8-11-9-7-10-12(11)13/h2,11-12H,1,3-10,13H2. The monoisotopic (exact) mass is 181 g/mol. The van der Waals surface area contributed by atoms with Crippen LogP contribution in [-0.4, -0.2) is 6.04 Å². The number of rotatable bonds is 6. The van der Waals surface area contributed by atoms with Gasteiger partial charge in [0.05, 0.1) is 0 Å². The minimum atomic E-state index is 0.513. The first kappa shape index (κ1) is 10.8. The molecular formula is C12H23N. The number of hydrogen-bond donors (Lipinski definition) is 1. The molecule has 1 aliphatic rings. The van der Waals surface area contributed by atoms with E-state index in [0.717, 1.165) is 5.92 Å². The van der Waals surface area contributed by atoms with Gasteiger partial charge in [0.1, 0.15) is 0 Å². The van der Waals surface area contributed by atoms with E-state index in [4.69, 9.17) is 5.73 Å². The topological polar surface area (TPSA) is 26.0 Å². The van der Waals surface area contributed by atoms with E-state index in [9.17, 15) is 0 Å². The Labute approximate surface area is 82.4 Å². The van der Waals surface area contributed by atoms with Gasteiger partial charge in [0.2, 0.25) is 0 Å². The van der Waals surface area contributed by atoms with Crippen molar-refractivity contribution in [3.05, 3.63) is 12.7 Å². The summed E-state index contributed by atoms with van der Waals surface area (Å²) in [5.74, 6) is 0.837. The van der Waals surface area contributed by atoms with Gasteiger partial charge in [0.25, 0.3) is 0 Å². The fraction of sp³-hybridized carbons (Fsp3) is 0.833. The number of nitrogens with two attached hydrogens (primary N) is 1. The van der Waals surface area contributed by atoms with Gasteiger partial charge in [-0.15, -0.1) is 6.58 Å². The minimum absolute atomic E-state index is 0.513. The van der Waals surface area contributed by atoms with Crippen molar-refractivity contribution in [2.45, 2.75) is 57.4 Å². The van der Waals surface area contributed by atoms with Crippen LogP contribution in [0, 0.1) is 5.92 Å². The zero-order valence-corrected chi connectivity index (χ0v) is 8.67. The Hall–Kier alpha value is -0.300. The van der Waals surface area contributed by atoms with Crippen molar-refractivity contribution >= 4 is 0 Å². The zero-order chi connectivity index (χ0) is 9.52. The highest BCUT2D eigenvalue weighted by atomic mass is 14.7. The highest BCUT2D eigenvalue weighted by Crippen LogP contribution is 2.28. The van der Waals surface area contributed by atoms with Gasteiger partial charge in [-0.25, -0.2) is 0 Å². The lowest BCUT2D eigenvalue weighted by Gasteiger charge is -2.14. The van der Waals surface area contributed by atoms with E-state index >= 15 is 0 Å². The molecule has 1 nitrogen and oxygen atoms in total. The third kappa shape index (κ3) is 3.95. The third-order valence-electron chi connectivity index (χ3n) is 3.20. The van der Waals surface area contributed by atoms with E-state index in [1.54, 1.807) is 0 Å². The molecule has 0 radical (unpaired) electrons. The Bertz CT molecular complexity index is 142. The third-order valence-corrected chi connectivity index (χ3v) is 3.20. The summed E-state index contributed by atoms with van der Waals surface area (Å²) >= 11 is 0. The molecule has 2 N–H and O–H groups in total. The lowest BCUT2D eigenvalue weighted by atomic mass is 9.96. The Balaban J connectivity index is 1.95. The zero-order valence-electron chi connectivity index (χ0n) is 8.67. The SMILES string of the molecule is C=CCCCCCC1CCCC1N. The van der Waals surface area contributed by atoms with E-state index < -0.39 is 0 Å². The van der Waals surface area contributed by atoms with Crippen LogP contribution in [0.15, 0.2) is 12.7 Å². The molecule has 1 aliphatic carbocycles. The van der Waals surface area contributed by atoms with Crippen LogP contribution < -0.4 is 5.73 Å². The molecule has 0 spiro atoms. The van der Waals surface area contributed by atoms with E-state index in [0.29, 0.717) is 6.04 Å². The van der Waals surface area contributed by atoms with Crippen LogP contribution in [0.4, 0.5) is 0 Å². The summed E-state index contributed by atoms with van der Waals surface area (Å²) in [5, 5.41) is 0. The molecule has 0 bridgehead atoms. The quantitative estimate of drug-likeness (QED) is 0.494. The minimum Gasteiger partial charge on any atom is -0.327 e. The molecule has 0 aromatic carbocycles. The van der Waals surface area contributed by atoms with Gasteiger partial charge in [-0.1, -0.05) is 25.3 Å². The van der Waals surface area contributed by atoms with Gasteiger partial charge in [0.15, 0.2) is 0 Å². The van der Waals surface area contributed by atoms with Gasteiger partial charge in [0, 0.05) is 6.04 Å². The van der Waals surface area contributed by atoms with Crippen LogP contribution in [0.5, 0.6) is 0 Å². The molecule has 0 aromatic heterocycles. The predicted molar refractivity (Wildman–Crippen MR) is 58.6 cm³/mol. The van der Waals surface area contributed by atoms with Crippen molar-refractivity contribution in [2.75, 3.05) is 0 Å². The first-order valence-corrected chi connectivity index (χ1v) is 5.71. The summed E-state index contributed by atoms with van der Waals surface area (Å²) < 4.78 is 0. The molecule has 0 amide bonds. The van der Waals surface area contributed by atoms with Crippen molar-refractivity contribution in [3.8, 4) is 0 Å². The van der Waals surface area contributed by atoms with Gasteiger partial charge in [-0.05, 0) is 38.0 Å². The first-order valence-electron chi connectivity index (χ1n) is 5.71. The molecule has 0 heterocycles. The summed E-state index contributed by atoms with van der Waals surface area (Å²) in [7, 11) is 0. The Kier molecular flexibility index (Phi) is 5.14. The molecule has 1 fully saturated rings. The normalized spacial score (nSPS) is 27.8. The summed E-state index contributed by atoms with van der Waals surface area (Å²) in [6, 6.07) is 0.513. The van der Waals surface area contributed by atoms with Crippen molar-refractivity contribution < 1.29 is 0 Å². The predicted octanol–water partition coefficient (Wildman–Crippen LogP) is 3.25. The molecule has 1 rings (SSSR count). The van der Waals surface area contributed by atoms with Gasteiger partial charge < -0.3 is 5.73 Å². The fourth-order valence-electron chi connectivity index (χ4n) is 2.30. The molecule has 2 atom stereocenters. The Morgan fingerprint density at radius 2 is 2.08 bits per heavy atom. The smallest absolute Gasteiger partial charge is 0.00671 e. The second kappa shape index (κ2) is 6.20. The molecular weight excluding hydrogens is 158 g/mol. The lowest BCUT2D eigenvalue weighted by Crippen LogP contribution is -2.24. The molecule has 0 aliphatic heterocycles. The number of allylic oxidation sites excluding steroid dienone is 1. The molecule has 13 heavy (non-hydrogen) atoms. The average molecular weight is 181 g/mol. The summed E-state index contributed by atoms with van der Waals surface area (Å²) in [6.07, 6.45) is 12.6. The van der Waals surface area contributed by atoms with Gasteiger partial charge in [-0.2, -0.15) is 0 Å². The van der Waals surface area contributed by atoms with Crippen LogP contribution in [0.25, 0.3) is 0 Å². The number of unbranched alkanes of at least 4 members (excludes halogenated alkanes) is 3. The van der Waals surface area contributed by atoms with E-state index in [1.807, 2.05) is 6.08 Å².